The second-order valence-corrected chi connectivity index (χ2v) is 6.63. The van der Waals surface area contributed by atoms with Crippen LogP contribution in [0.25, 0.3) is 0 Å². The van der Waals surface area contributed by atoms with Crippen molar-refractivity contribution in [1.29, 1.82) is 0 Å². The molecule has 1 aliphatic heterocycles. The number of urea groups is 1. The fourth-order valence-electron chi connectivity index (χ4n) is 2.20. The molecule has 1 aromatic carbocycles. The molecule has 1 atom stereocenters. The van der Waals surface area contributed by atoms with E-state index >= 15 is 0 Å². The molecule has 3 amide bonds. The summed E-state index contributed by atoms with van der Waals surface area (Å²) >= 11 is 0. The van der Waals surface area contributed by atoms with Crippen molar-refractivity contribution in [2.75, 3.05) is 6.54 Å². The van der Waals surface area contributed by atoms with Crippen LogP contribution in [0.3, 0.4) is 0 Å². The van der Waals surface area contributed by atoms with Gasteiger partial charge in [-0.3, -0.25) is 14.5 Å². The molecule has 22 heavy (non-hydrogen) atoms. The van der Waals surface area contributed by atoms with E-state index in [1.807, 2.05) is 0 Å². The number of halogens is 1. The Kier molecular flexibility index (Phi) is 3.81. The second-order valence-electron chi connectivity index (χ2n) is 6.63. The van der Waals surface area contributed by atoms with E-state index in [0.717, 1.165) is 4.90 Å². The van der Waals surface area contributed by atoms with Crippen LogP contribution in [-0.2, 0) is 15.1 Å². The van der Waals surface area contributed by atoms with Gasteiger partial charge in [0.25, 0.3) is 5.91 Å². The van der Waals surface area contributed by atoms with E-state index in [-0.39, 0.29) is 12.3 Å². The van der Waals surface area contributed by atoms with Gasteiger partial charge in [0.1, 0.15) is 11.4 Å². The van der Waals surface area contributed by atoms with Gasteiger partial charge in [-0.05, 0) is 24.6 Å². The van der Waals surface area contributed by atoms with Crippen molar-refractivity contribution in [3.63, 3.8) is 0 Å². The normalized spacial score (nSPS) is 22.0. The fourth-order valence-corrected chi connectivity index (χ4v) is 2.20. The predicted octanol–water partition coefficient (Wildman–Crippen LogP) is 2.21. The molecule has 0 spiro atoms. The number of amides is 3. The minimum absolute atomic E-state index is 0.209. The van der Waals surface area contributed by atoms with Crippen LogP contribution in [-0.4, -0.2) is 29.2 Å². The molecule has 1 heterocycles. The molecule has 1 aromatic rings. The first kappa shape index (κ1) is 16.1. The summed E-state index contributed by atoms with van der Waals surface area (Å²) in [5, 5.41) is 2.59. The van der Waals surface area contributed by atoms with Crippen molar-refractivity contribution >= 4 is 17.7 Å². The number of benzene rings is 1. The SMILES string of the molecule is CC(C)(C)C(=O)CN1C(=O)N[C@@](C)(c2ccc(F)cc2)C1=O. The van der Waals surface area contributed by atoms with Gasteiger partial charge in [0.2, 0.25) is 0 Å². The lowest BCUT2D eigenvalue weighted by Gasteiger charge is -2.23. The van der Waals surface area contributed by atoms with Crippen molar-refractivity contribution in [2.24, 2.45) is 5.41 Å². The van der Waals surface area contributed by atoms with E-state index in [4.69, 9.17) is 0 Å². The zero-order chi connectivity index (χ0) is 16.7. The van der Waals surface area contributed by atoms with Gasteiger partial charge in [-0.25, -0.2) is 9.18 Å². The highest BCUT2D eigenvalue weighted by Gasteiger charge is 2.49. The Balaban J connectivity index is 2.28. The number of ketones is 1. The average Bonchev–Trinajstić information content (AvgIpc) is 2.63. The largest absolute Gasteiger partial charge is 0.325 e. The number of imide groups is 1. The van der Waals surface area contributed by atoms with E-state index < -0.39 is 28.7 Å². The molecule has 0 saturated carbocycles. The van der Waals surface area contributed by atoms with Crippen molar-refractivity contribution in [1.82, 2.24) is 10.2 Å². The highest BCUT2D eigenvalue weighted by Crippen LogP contribution is 2.29. The summed E-state index contributed by atoms with van der Waals surface area (Å²) < 4.78 is 13.0. The van der Waals surface area contributed by atoms with Gasteiger partial charge >= 0.3 is 6.03 Å². The molecular formula is C16H19FN2O3. The number of rotatable bonds is 3. The Morgan fingerprint density at radius 2 is 1.77 bits per heavy atom. The van der Waals surface area contributed by atoms with Gasteiger partial charge < -0.3 is 5.32 Å². The van der Waals surface area contributed by atoms with Gasteiger partial charge in [-0.2, -0.15) is 0 Å². The van der Waals surface area contributed by atoms with Crippen LogP contribution in [0.1, 0.15) is 33.3 Å². The molecule has 118 valence electrons. The van der Waals surface area contributed by atoms with Crippen molar-refractivity contribution < 1.29 is 18.8 Å². The molecule has 5 nitrogen and oxygen atoms in total. The summed E-state index contributed by atoms with van der Waals surface area (Å²) in [6, 6.07) is 4.73. The number of nitrogens with one attached hydrogen (secondary N) is 1. The number of nitrogens with zero attached hydrogens (tertiary/aromatic N) is 1. The van der Waals surface area contributed by atoms with Crippen molar-refractivity contribution in [3.8, 4) is 0 Å². The topological polar surface area (TPSA) is 66.5 Å². The molecule has 0 radical (unpaired) electrons. The monoisotopic (exact) mass is 306 g/mol. The number of carbonyl (C=O) groups is 3. The Labute approximate surface area is 128 Å². The smallest absolute Gasteiger partial charge is 0.319 e. The van der Waals surface area contributed by atoms with Gasteiger partial charge in [0.05, 0.1) is 6.54 Å². The van der Waals surface area contributed by atoms with Crippen molar-refractivity contribution in [3.05, 3.63) is 35.6 Å². The molecule has 6 heteroatoms. The lowest BCUT2D eigenvalue weighted by atomic mass is 9.89. The third-order valence-electron chi connectivity index (χ3n) is 3.83. The Bertz CT molecular complexity index is 634. The Hall–Kier alpha value is -2.24. The van der Waals surface area contributed by atoms with E-state index in [1.165, 1.54) is 24.3 Å². The molecule has 1 saturated heterocycles. The first-order valence-electron chi connectivity index (χ1n) is 6.99. The number of hydrogen-bond donors (Lipinski definition) is 1. The van der Waals surface area contributed by atoms with Crippen LogP contribution in [0.2, 0.25) is 0 Å². The van der Waals surface area contributed by atoms with E-state index in [0.29, 0.717) is 5.56 Å². The number of hydrogen-bond acceptors (Lipinski definition) is 3. The van der Waals surface area contributed by atoms with Crippen molar-refractivity contribution in [2.45, 2.75) is 33.2 Å². The van der Waals surface area contributed by atoms with Gasteiger partial charge in [0, 0.05) is 5.41 Å². The van der Waals surface area contributed by atoms with Gasteiger partial charge in [0.15, 0.2) is 5.78 Å². The highest BCUT2D eigenvalue weighted by molar-refractivity contribution is 6.09. The quantitative estimate of drug-likeness (QED) is 0.871. The maximum atomic E-state index is 13.0. The molecule has 0 bridgehead atoms. The first-order chi connectivity index (χ1) is 10.1. The van der Waals surface area contributed by atoms with E-state index in [9.17, 15) is 18.8 Å². The Morgan fingerprint density at radius 3 is 2.27 bits per heavy atom. The highest BCUT2D eigenvalue weighted by atomic mass is 19.1. The molecule has 0 aliphatic carbocycles. The third kappa shape index (κ3) is 2.73. The molecule has 1 N–H and O–H groups in total. The van der Waals surface area contributed by atoms with Crippen LogP contribution >= 0.6 is 0 Å². The van der Waals surface area contributed by atoms with Crippen LogP contribution in [0.4, 0.5) is 9.18 Å². The lowest BCUT2D eigenvalue weighted by molar-refractivity contribution is -0.136. The summed E-state index contributed by atoms with van der Waals surface area (Å²) in [5.41, 5.74) is -1.46. The minimum atomic E-state index is -1.29. The standard InChI is InChI=1S/C16H19FN2O3/c1-15(2,3)12(20)9-19-13(21)16(4,18-14(19)22)10-5-7-11(17)8-6-10/h5-8H,9H2,1-4H3,(H,18,22)/t16-/m0/s1. The minimum Gasteiger partial charge on any atom is -0.319 e. The summed E-state index contributed by atoms with van der Waals surface area (Å²) in [7, 11) is 0. The fraction of sp³-hybridized carbons (Fsp3) is 0.438. The first-order valence-corrected chi connectivity index (χ1v) is 6.99. The maximum Gasteiger partial charge on any atom is 0.325 e. The average molecular weight is 306 g/mol. The summed E-state index contributed by atoms with van der Waals surface area (Å²) in [5.74, 6) is -1.15. The van der Waals surface area contributed by atoms with E-state index in [2.05, 4.69) is 5.32 Å². The number of carbonyl (C=O) groups excluding carboxylic acids is 3. The van der Waals surface area contributed by atoms with Crippen LogP contribution in [0.15, 0.2) is 24.3 Å². The molecule has 1 fully saturated rings. The summed E-state index contributed by atoms with van der Waals surface area (Å²) in [4.78, 5) is 37.6. The summed E-state index contributed by atoms with van der Waals surface area (Å²) in [6.45, 7) is 6.46. The molecule has 2 rings (SSSR count). The lowest BCUT2D eigenvalue weighted by Crippen LogP contribution is -2.42. The maximum absolute atomic E-state index is 13.0. The third-order valence-corrected chi connectivity index (χ3v) is 3.83. The molecular weight excluding hydrogens is 287 g/mol. The Morgan fingerprint density at radius 1 is 1.23 bits per heavy atom. The zero-order valence-electron chi connectivity index (χ0n) is 13.1. The molecule has 1 aliphatic rings. The van der Waals surface area contributed by atoms with Crippen LogP contribution < -0.4 is 5.32 Å². The van der Waals surface area contributed by atoms with Gasteiger partial charge in [-0.15, -0.1) is 0 Å². The second kappa shape index (κ2) is 5.19. The zero-order valence-corrected chi connectivity index (χ0v) is 13.1. The number of Topliss-reactive ketones (excluding diaryl/α,β-unsaturated/α-hetero) is 1. The van der Waals surface area contributed by atoms with Crippen LogP contribution in [0.5, 0.6) is 0 Å². The van der Waals surface area contributed by atoms with Gasteiger partial charge in [-0.1, -0.05) is 32.9 Å². The summed E-state index contributed by atoms with van der Waals surface area (Å²) in [6.07, 6.45) is 0. The van der Waals surface area contributed by atoms with Crippen LogP contribution in [0, 0.1) is 11.2 Å². The molecule has 0 aromatic heterocycles. The molecule has 0 unspecified atom stereocenters. The predicted molar refractivity (Wildman–Crippen MR) is 78.5 cm³/mol. The van der Waals surface area contributed by atoms with E-state index in [1.54, 1.807) is 27.7 Å².